The minimum absolute atomic E-state index is 0.0909. The largest absolute Gasteiger partial charge is 0.490 e. The molecule has 1 N–H and O–H groups in total. The van der Waals surface area contributed by atoms with Crippen molar-refractivity contribution in [1.82, 2.24) is 0 Å². The smallest absolute Gasteiger partial charge is 0.416 e. The molecule has 138 valence electrons. The minimum Gasteiger partial charge on any atom is -0.490 e. The highest BCUT2D eigenvalue weighted by molar-refractivity contribution is 6.06. The molecule has 0 unspecified atom stereocenters. The zero-order valence-corrected chi connectivity index (χ0v) is 13.8. The Morgan fingerprint density at radius 2 is 1.88 bits per heavy atom. The van der Waals surface area contributed by atoms with Gasteiger partial charge in [-0.25, -0.2) is 0 Å². The maximum atomic E-state index is 12.8. The number of benzene rings is 2. The van der Waals surface area contributed by atoms with Crippen LogP contribution in [0.4, 0.5) is 24.5 Å². The van der Waals surface area contributed by atoms with E-state index >= 15 is 0 Å². The molecule has 6 nitrogen and oxygen atoms in total. The van der Waals surface area contributed by atoms with Gasteiger partial charge in [0, 0.05) is 17.8 Å². The first kappa shape index (κ1) is 19.2. The minimum atomic E-state index is -4.56. The second-order valence-electron chi connectivity index (χ2n) is 5.64. The Kier molecular flexibility index (Phi) is 5.49. The lowest BCUT2D eigenvalue weighted by Gasteiger charge is -2.14. The first-order valence-corrected chi connectivity index (χ1v) is 7.51. The molecular weight excluding hydrogens is 353 g/mol. The molecular formula is C17H15F3N2O4. The fourth-order valence-electron chi connectivity index (χ4n) is 2.14. The lowest BCUT2D eigenvalue weighted by atomic mass is 10.1. The monoisotopic (exact) mass is 368 g/mol. The zero-order valence-electron chi connectivity index (χ0n) is 13.8. The highest BCUT2D eigenvalue weighted by Gasteiger charge is 2.30. The van der Waals surface area contributed by atoms with E-state index in [-0.39, 0.29) is 28.8 Å². The Morgan fingerprint density at radius 1 is 1.19 bits per heavy atom. The molecule has 0 aliphatic heterocycles. The van der Waals surface area contributed by atoms with Gasteiger partial charge < -0.3 is 10.1 Å². The maximum Gasteiger partial charge on any atom is 0.416 e. The van der Waals surface area contributed by atoms with Crippen LogP contribution in [0.5, 0.6) is 5.75 Å². The number of non-ortho nitro benzene ring substituents is 1. The van der Waals surface area contributed by atoms with Crippen LogP contribution in [0.1, 0.15) is 29.8 Å². The molecule has 26 heavy (non-hydrogen) atoms. The van der Waals surface area contributed by atoms with E-state index in [1.54, 1.807) is 13.8 Å². The number of halogens is 3. The van der Waals surface area contributed by atoms with Gasteiger partial charge >= 0.3 is 6.18 Å². The van der Waals surface area contributed by atoms with E-state index in [0.717, 1.165) is 24.3 Å². The lowest BCUT2D eigenvalue weighted by Crippen LogP contribution is -2.16. The van der Waals surface area contributed by atoms with Crippen LogP contribution in [0.3, 0.4) is 0 Å². The summed E-state index contributed by atoms with van der Waals surface area (Å²) in [5, 5.41) is 13.2. The average Bonchev–Trinajstić information content (AvgIpc) is 2.53. The third-order valence-corrected chi connectivity index (χ3v) is 3.23. The molecule has 0 fully saturated rings. The molecule has 0 spiro atoms. The van der Waals surface area contributed by atoms with Crippen molar-refractivity contribution in [2.24, 2.45) is 0 Å². The van der Waals surface area contributed by atoms with Crippen molar-refractivity contribution in [2.75, 3.05) is 5.32 Å². The molecule has 0 saturated carbocycles. The number of alkyl halides is 3. The van der Waals surface area contributed by atoms with Crippen LogP contribution in [0, 0.1) is 10.1 Å². The number of hydrogen-bond donors (Lipinski definition) is 1. The van der Waals surface area contributed by atoms with E-state index in [1.165, 1.54) is 18.2 Å². The number of nitrogens with zero attached hydrogens (tertiary/aromatic N) is 1. The van der Waals surface area contributed by atoms with Crippen molar-refractivity contribution in [3.05, 3.63) is 63.7 Å². The summed E-state index contributed by atoms with van der Waals surface area (Å²) in [5.41, 5.74) is -1.50. The number of rotatable bonds is 5. The van der Waals surface area contributed by atoms with E-state index in [1.807, 2.05) is 0 Å². The fourth-order valence-corrected chi connectivity index (χ4v) is 2.14. The van der Waals surface area contributed by atoms with Gasteiger partial charge in [0.2, 0.25) is 0 Å². The fraction of sp³-hybridized carbons (Fsp3) is 0.235. The van der Waals surface area contributed by atoms with Crippen LogP contribution in [0.25, 0.3) is 0 Å². The van der Waals surface area contributed by atoms with Gasteiger partial charge in [-0.05, 0) is 38.1 Å². The SMILES string of the molecule is CC(C)Oc1ccc([N+](=O)[O-])cc1C(=O)Nc1cccc(C(F)(F)F)c1. The lowest BCUT2D eigenvalue weighted by molar-refractivity contribution is -0.384. The number of nitro groups is 1. The van der Waals surface area contributed by atoms with Crippen molar-refractivity contribution in [2.45, 2.75) is 26.1 Å². The molecule has 1 amide bonds. The number of ether oxygens (including phenoxy) is 1. The summed E-state index contributed by atoms with van der Waals surface area (Å²) in [6, 6.07) is 7.55. The van der Waals surface area contributed by atoms with Crippen LogP contribution in [-0.2, 0) is 6.18 Å². The van der Waals surface area contributed by atoms with Crippen LogP contribution >= 0.6 is 0 Å². The molecule has 0 atom stereocenters. The average molecular weight is 368 g/mol. The Labute approximate surface area is 146 Å². The molecule has 0 bridgehead atoms. The predicted molar refractivity (Wildman–Crippen MR) is 88.3 cm³/mol. The van der Waals surface area contributed by atoms with Gasteiger partial charge in [0.25, 0.3) is 11.6 Å². The van der Waals surface area contributed by atoms with E-state index in [2.05, 4.69) is 5.32 Å². The summed E-state index contributed by atoms with van der Waals surface area (Å²) in [6.07, 6.45) is -4.87. The van der Waals surface area contributed by atoms with E-state index in [4.69, 9.17) is 4.74 Å². The van der Waals surface area contributed by atoms with Gasteiger partial charge in [-0.15, -0.1) is 0 Å². The van der Waals surface area contributed by atoms with Crippen molar-refractivity contribution >= 4 is 17.3 Å². The third-order valence-electron chi connectivity index (χ3n) is 3.23. The zero-order chi connectivity index (χ0) is 19.5. The second kappa shape index (κ2) is 7.42. The summed E-state index contributed by atoms with van der Waals surface area (Å²) < 4.78 is 43.8. The predicted octanol–water partition coefficient (Wildman–Crippen LogP) is 4.65. The first-order chi connectivity index (χ1) is 12.1. The maximum absolute atomic E-state index is 12.8. The van der Waals surface area contributed by atoms with Crippen molar-refractivity contribution in [1.29, 1.82) is 0 Å². The number of nitrogens with one attached hydrogen (secondary N) is 1. The number of amides is 1. The van der Waals surface area contributed by atoms with Crippen molar-refractivity contribution < 1.29 is 27.6 Å². The van der Waals surface area contributed by atoms with E-state index in [9.17, 15) is 28.1 Å². The topological polar surface area (TPSA) is 81.5 Å². The number of carbonyl (C=O) groups is 1. The van der Waals surface area contributed by atoms with Crippen molar-refractivity contribution in [3.8, 4) is 5.75 Å². The summed E-state index contributed by atoms with van der Waals surface area (Å²) in [5.74, 6) is -0.723. The van der Waals surface area contributed by atoms with E-state index < -0.39 is 22.6 Å². The molecule has 2 rings (SSSR count). The van der Waals surface area contributed by atoms with Gasteiger partial charge in [0.1, 0.15) is 5.75 Å². The Balaban J connectivity index is 2.36. The van der Waals surface area contributed by atoms with E-state index in [0.29, 0.717) is 0 Å². The normalized spacial score (nSPS) is 11.3. The molecule has 0 aromatic heterocycles. The summed E-state index contributed by atoms with van der Waals surface area (Å²) >= 11 is 0. The first-order valence-electron chi connectivity index (χ1n) is 7.51. The van der Waals surface area contributed by atoms with Crippen LogP contribution in [0.2, 0.25) is 0 Å². The summed E-state index contributed by atoms with van der Waals surface area (Å²) in [7, 11) is 0. The summed E-state index contributed by atoms with van der Waals surface area (Å²) in [4.78, 5) is 22.7. The number of carbonyl (C=O) groups excluding carboxylic acids is 1. The molecule has 9 heteroatoms. The Bertz CT molecular complexity index is 835. The van der Waals surface area contributed by atoms with Gasteiger partial charge in [0.05, 0.1) is 22.2 Å². The standard InChI is InChI=1S/C17H15F3N2O4/c1-10(2)26-15-7-6-13(22(24)25)9-14(15)16(23)21-12-5-3-4-11(8-12)17(18,19)20/h3-10H,1-2H3,(H,21,23). The molecule has 0 aliphatic carbocycles. The highest BCUT2D eigenvalue weighted by atomic mass is 19.4. The number of hydrogen-bond acceptors (Lipinski definition) is 4. The van der Waals surface area contributed by atoms with Crippen molar-refractivity contribution in [3.63, 3.8) is 0 Å². The van der Waals surface area contributed by atoms with Crippen LogP contribution in [0.15, 0.2) is 42.5 Å². The molecule has 0 heterocycles. The van der Waals surface area contributed by atoms with Crippen LogP contribution in [-0.4, -0.2) is 16.9 Å². The molecule has 0 radical (unpaired) electrons. The van der Waals surface area contributed by atoms with Gasteiger partial charge in [-0.2, -0.15) is 13.2 Å². The van der Waals surface area contributed by atoms with Gasteiger partial charge in [-0.1, -0.05) is 6.07 Å². The number of anilines is 1. The molecule has 0 saturated heterocycles. The summed E-state index contributed by atoms with van der Waals surface area (Å²) in [6.45, 7) is 3.41. The third kappa shape index (κ3) is 4.71. The highest BCUT2D eigenvalue weighted by Crippen LogP contribution is 2.31. The van der Waals surface area contributed by atoms with Crippen LogP contribution < -0.4 is 10.1 Å². The Morgan fingerprint density at radius 3 is 2.46 bits per heavy atom. The van der Waals surface area contributed by atoms with Gasteiger partial charge in [-0.3, -0.25) is 14.9 Å². The Hall–Kier alpha value is -3.10. The molecule has 2 aromatic carbocycles. The molecule has 2 aromatic rings. The second-order valence-corrected chi connectivity index (χ2v) is 5.64. The quantitative estimate of drug-likeness (QED) is 0.615. The number of nitro benzene ring substituents is 1. The van der Waals surface area contributed by atoms with Gasteiger partial charge in [0.15, 0.2) is 0 Å². The molecule has 0 aliphatic rings.